The molecule has 3 N–H and O–H groups in total. The lowest BCUT2D eigenvalue weighted by Gasteiger charge is -2.37. The third-order valence-electron chi connectivity index (χ3n) is 3.37. The first kappa shape index (κ1) is 13.6. The van der Waals surface area contributed by atoms with Crippen LogP contribution in [0.4, 0.5) is 4.79 Å². The van der Waals surface area contributed by atoms with Crippen LogP contribution in [0.25, 0.3) is 0 Å². The summed E-state index contributed by atoms with van der Waals surface area (Å²) in [5.74, 6) is -1.27. The monoisotopic (exact) mass is 242 g/mol. The summed E-state index contributed by atoms with van der Waals surface area (Å²) in [6.45, 7) is 5.02. The van der Waals surface area contributed by atoms with Crippen LogP contribution in [0.3, 0.4) is 0 Å². The number of hydrogen-bond acceptors (Lipinski definition) is 4. The van der Waals surface area contributed by atoms with Gasteiger partial charge in [-0.15, -0.1) is 0 Å². The fourth-order valence-electron chi connectivity index (χ4n) is 1.96. The summed E-state index contributed by atoms with van der Waals surface area (Å²) in [6.07, 6.45) is 0.648. The molecule has 1 fully saturated rings. The first-order chi connectivity index (χ1) is 7.77. The minimum atomic E-state index is -1.37. The van der Waals surface area contributed by atoms with Gasteiger partial charge in [0.2, 0.25) is 11.8 Å². The predicted molar refractivity (Wildman–Crippen MR) is 59.9 cm³/mol. The van der Waals surface area contributed by atoms with E-state index in [1.165, 1.54) is 0 Å². The van der Waals surface area contributed by atoms with Gasteiger partial charge in [0, 0.05) is 0 Å². The van der Waals surface area contributed by atoms with Crippen LogP contribution in [0.15, 0.2) is 0 Å². The Morgan fingerprint density at radius 1 is 1.18 bits per heavy atom. The van der Waals surface area contributed by atoms with Crippen LogP contribution in [0, 0.1) is 5.41 Å². The van der Waals surface area contributed by atoms with E-state index in [4.69, 9.17) is 0 Å². The van der Waals surface area contributed by atoms with Crippen molar-refractivity contribution in [3.8, 4) is 0 Å². The molecule has 1 rings (SSSR count). The number of barbiturate groups is 1. The number of rotatable bonds is 4. The third-order valence-corrected chi connectivity index (χ3v) is 3.37. The van der Waals surface area contributed by atoms with Crippen molar-refractivity contribution >= 4 is 17.8 Å². The molecule has 6 nitrogen and oxygen atoms in total. The number of aliphatic hydroxyl groups is 1. The van der Waals surface area contributed by atoms with Gasteiger partial charge in [0.05, 0.1) is 5.60 Å². The molecule has 6 heteroatoms. The SMILES string of the molecule is CCC(C)(O)CC1(CC)C(=O)NC(=O)NC1=O. The van der Waals surface area contributed by atoms with E-state index in [0.717, 1.165) is 0 Å². The number of imide groups is 2. The summed E-state index contributed by atoms with van der Waals surface area (Å²) in [5.41, 5.74) is -2.49. The molecule has 17 heavy (non-hydrogen) atoms. The van der Waals surface area contributed by atoms with Crippen molar-refractivity contribution in [1.29, 1.82) is 0 Å². The molecule has 0 saturated carbocycles. The molecule has 0 radical (unpaired) electrons. The van der Waals surface area contributed by atoms with E-state index in [1.54, 1.807) is 20.8 Å². The van der Waals surface area contributed by atoms with Gasteiger partial charge in [0.1, 0.15) is 5.41 Å². The quantitative estimate of drug-likeness (QED) is 0.618. The highest BCUT2D eigenvalue weighted by Crippen LogP contribution is 2.35. The first-order valence-corrected chi connectivity index (χ1v) is 5.66. The van der Waals surface area contributed by atoms with Crippen LogP contribution in [0.1, 0.15) is 40.0 Å². The second kappa shape index (κ2) is 4.44. The molecule has 1 aliphatic rings. The fourth-order valence-corrected chi connectivity index (χ4v) is 1.96. The average Bonchev–Trinajstić information content (AvgIpc) is 2.23. The Morgan fingerprint density at radius 3 is 2.00 bits per heavy atom. The molecule has 4 amide bonds. The highest BCUT2D eigenvalue weighted by molar-refractivity contribution is 6.19. The normalized spacial score (nSPS) is 22.7. The Labute approximate surface area is 99.8 Å². The summed E-state index contributed by atoms with van der Waals surface area (Å²) in [7, 11) is 0. The lowest BCUT2D eigenvalue weighted by Crippen LogP contribution is -2.63. The Bertz CT molecular complexity index is 342. The molecule has 1 unspecified atom stereocenters. The molecular weight excluding hydrogens is 224 g/mol. The van der Waals surface area contributed by atoms with Gasteiger partial charge in [-0.2, -0.15) is 0 Å². The highest BCUT2D eigenvalue weighted by Gasteiger charge is 2.51. The largest absolute Gasteiger partial charge is 0.390 e. The van der Waals surface area contributed by atoms with Crippen LogP contribution >= 0.6 is 0 Å². The summed E-state index contributed by atoms with van der Waals surface area (Å²) < 4.78 is 0. The summed E-state index contributed by atoms with van der Waals surface area (Å²) in [5, 5.41) is 14.2. The predicted octanol–water partition coefficient (Wildman–Crippen LogP) is 0.300. The van der Waals surface area contributed by atoms with Gasteiger partial charge in [0.25, 0.3) is 0 Å². The zero-order valence-electron chi connectivity index (χ0n) is 10.3. The maximum atomic E-state index is 11.9. The Hall–Kier alpha value is -1.43. The van der Waals surface area contributed by atoms with E-state index < -0.39 is 28.9 Å². The van der Waals surface area contributed by atoms with Crippen molar-refractivity contribution in [3.63, 3.8) is 0 Å². The molecule has 0 aliphatic carbocycles. The number of carbonyl (C=O) groups excluding carboxylic acids is 3. The van der Waals surface area contributed by atoms with E-state index >= 15 is 0 Å². The Balaban J connectivity index is 3.05. The summed E-state index contributed by atoms with van der Waals surface area (Å²) >= 11 is 0. The third kappa shape index (κ3) is 2.46. The van der Waals surface area contributed by atoms with Crippen LogP contribution in [0.2, 0.25) is 0 Å². The van der Waals surface area contributed by atoms with Gasteiger partial charge in [-0.3, -0.25) is 20.2 Å². The second-order valence-electron chi connectivity index (χ2n) is 4.70. The van der Waals surface area contributed by atoms with E-state index in [0.29, 0.717) is 6.42 Å². The van der Waals surface area contributed by atoms with Crippen molar-refractivity contribution in [3.05, 3.63) is 0 Å². The van der Waals surface area contributed by atoms with Gasteiger partial charge >= 0.3 is 6.03 Å². The minimum Gasteiger partial charge on any atom is -0.390 e. The van der Waals surface area contributed by atoms with Gasteiger partial charge in [-0.1, -0.05) is 13.8 Å². The van der Waals surface area contributed by atoms with Crippen LogP contribution in [-0.2, 0) is 9.59 Å². The number of amides is 4. The van der Waals surface area contributed by atoms with Gasteiger partial charge in [-0.05, 0) is 26.2 Å². The molecular formula is C11H18N2O4. The first-order valence-electron chi connectivity index (χ1n) is 5.66. The second-order valence-corrected chi connectivity index (χ2v) is 4.70. The molecule has 0 aromatic carbocycles. The number of hydrogen-bond donors (Lipinski definition) is 3. The van der Waals surface area contributed by atoms with Crippen molar-refractivity contribution < 1.29 is 19.5 Å². The molecule has 96 valence electrons. The van der Waals surface area contributed by atoms with Gasteiger partial charge in [0.15, 0.2) is 0 Å². The van der Waals surface area contributed by atoms with Crippen LogP contribution in [0.5, 0.6) is 0 Å². The maximum absolute atomic E-state index is 11.9. The summed E-state index contributed by atoms with van der Waals surface area (Å²) in [6, 6.07) is -0.805. The molecule has 0 aromatic rings. The van der Waals surface area contributed by atoms with Crippen molar-refractivity contribution in [2.45, 2.75) is 45.6 Å². The minimum absolute atomic E-state index is 0.00204. The van der Waals surface area contributed by atoms with Crippen molar-refractivity contribution in [2.24, 2.45) is 5.41 Å². The van der Waals surface area contributed by atoms with E-state index in [1.807, 2.05) is 0 Å². The van der Waals surface area contributed by atoms with E-state index in [2.05, 4.69) is 10.6 Å². The van der Waals surface area contributed by atoms with Gasteiger partial charge in [-0.25, -0.2) is 4.79 Å². The van der Waals surface area contributed by atoms with Crippen molar-refractivity contribution in [1.82, 2.24) is 10.6 Å². The topological polar surface area (TPSA) is 95.5 Å². The van der Waals surface area contributed by atoms with Crippen molar-refractivity contribution in [2.75, 3.05) is 0 Å². The molecule has 1 saturated heterocycles. The molecule has 0 aromatic heterocycles. The van der Waals surface area contributed by atoms with Crippen LogP contribution in [-0.4, -0.2) is 28.6 Å². The Kier molecular flexibility index (Phi) is 3.56. The standard InChI is InChI=1S/C11H18N2O4/c1-4-10(3,17)6-11(5-2)7(14)12-9(16)13-8(11)15/h17H,4-6H2,1-3H3,(H2,12,13,14,15,16). The number of urea groups is 1. The molecule has 1 heterocycles. The zero-order chi connectivity index (χ0) is 13.3. The molecule has 1 atom stereocenters. The summed E-state index contributed by atoms with van der Waals surface area (Å²) in [4.78, 5) is 34.7. The molecule has 1 aliphatic heterocycles. The highest BCUT2D eigenvalue weighted by atomic mass is 16.3. The lowest BCUT2D eigenvalue weighted by molar-refractivity contribution is -0.149. The molecule has 0 spiro atoms. The smallest absolute Gasteiger partial charge is 0.328 e. The number of nitrogens with one attached hydrogen (secondary N) is 2. The van der Waals surface area contributed by atoms with E-state index in [-0.39, 0.29) is 12.8 Å². The van der Waals surface area contributed by atoms with E-state index in [9.17, 15) is 19.5 Å². The van der Waals surface area contributed by atoms with Gasteiger partial charge < -0.3 is 5.11 Å². The zero-order valence-corrected chi connectivity index (χ0v) is 10.3. The maximum Gasteiger partial charge on any atom is 0.328 e. The lowest BCUT2D eigenvalue weighted by atomic mass is 9.72. The molecule has 0 bridgehead atoms. The number of carbonyl (C=O) groups is 3. The average molecular weight is 242 g/mol. The van der Waals surface area contributed by atoms with Crippen LogP contribution < -0.4 is 10.6 Å². The Morgan fingerprint density at radius 2 is 1.65 bits per heavy atom. The fraction of sp³-hybridized carbons (Fsp3) is 0.727.